The summed E-state index contributed by atoms with van der Waals surface area (Å²) in [5, 5.41) is 18.3. The van der Waals surface area contributed by atoms with Crippen LogP contribution in [0.4, 0.5) is 0 Å². The monoisotopic (exact) mass is 272 g/mol. The maximum Gasteiger partial charge on any atom is 0.332 e. The Morgan fingerprint density at radius 2 is 1.44 bits per heavy atom. The molecule has 0 atom stereocenters. The molecule has 0 bridgehead atoms. The van der Waals surface area contributed by atoms with E-state index in [4.69, 9.17) is 5.11 Å². The van der Waals surface area contributed by atoms with Gasteiger partial charge in [0.15, 0.2) is 0 Å². The second kappa shape index (κ2) is 9.56. The molecule has 1 saturated carbocycles. The minimum Gasteiger partial charge on any atom is -0.478 e. The second-order valence-electron chi connectivity index (χ2n) is 4.57. The number of aliphatic carboxylic acids is 2. The number of carbonyl (C=O) groups is 2. The molecule has 0 saturated heterocycles. The Labute approximate surface area is 152 Å². The topological polar surface area (TPSA) is 74.6 Å². The van der Waals surface area contributed by atoms with Crippen LogP contribution in [0, 0.1) is 11.8 Å². The van der Waals surface area contributed by atoms with E-state index >= 15 is 0 Å². The summed E-state index contributed by atoms with van der Waals surface area (Å²) < 4.78 is 0. The van der Waals surface area contributed by atoms with Crippen molar-refractivity contribution in [3.8, 4) is 0 Å². The van der Waals surface area contributed by atoms with Crippen molar-refractivity contribution in [2.24, 2.45) is 11.8 Å². The molecule has 2 N–H and O–H groups in total. The van der Waals surface area contributed by atoms with Gasteiger partial charge in [0.1, 0.15) is 0 Å². The van der Waals surface area contributed by atoms with E-state index in [9.17, 15) is 14.7 Å². The Kier molecular flexibility index (Phi) is 11.1. The van der Waals surface area contributed by atoms with Crippen LogP contribution in [0.25, 0.3) is 0 Å². The Bertz CT molecular complexity index is 331. The largest absolute Gasteiger partial charge is 0.478 e. The summed E-state index contributed by atoms with van der Waals surface area (Å²) in [4.78, 5) is 22.3. The van der Waals surface area contributed by atoms with Crippen LogP contribution in [-0.4, -0.2) is 81.3 Å². The Morgan fingerprint density at radius 3 is 1.72 bits per heavy atom. The van der Waals surface area contributed by atoms with Crippen LogP contribution in [0.2, 0.25) is 0 Å². The molecule has 0 aromatic heterocycles. The van der Waals surface area contributed by atoms with Crippen molar-refractivity contribution in [3.05, 3.63) is 11.1 Å². The molecule has 1 fully saturated rings. The Morgan fingerprint density at radius 1 is 1.00 bits per heavy atom. The quantitative estimate of drug-likeness (QED) is 0.601. The van der Waals surface area contributed by atoms with Crippen molar-refractivity contribution in [2.75, 3.05) is 0 Å². The van der Waals surface area contributed by atoms with Gasteiger partial charge in [-0.15, -0.1) is 0 Å². The van der Waals surface area contributed by atoms with E-state index in [-0.39, 0.29) is 82.1 Å². The van der Waals surface area contributed by atoms with Crippen LogP contribution in [0.15, 0.2) is 11.1 Å². The predicted octanol–water partition coefficient (Wildman–Crippen LogP) is 1.54. The Hall–Kier alpha value is 0.680. The van der Waals surface area contributed by atoms with Gasteiger partial charge in [-0.25, -0.2) is 9.59 Å². The van der Waals surface area contributed by atoms with Crippen molar-refractivity contribution in [1.82, 2.24) is 0 Å². The zero-order chi connectivity index (χ0) is 12.3. The summed E-state index contributed by atoms with van der Waals surface area (Å²) >= 11 is 0. The molecule has 0 aromatic rings. The fourth-order valence-corrected chi connectivity index (χ4v) is 2.40. The van der Waals surface area contributed by atoms with Gasteiger partial charge in [-0.05, 0) is 24.7 Å². The molecular formula is C12H18Na2O4. The maximum atomic E-state index is 11.2. The summed E-state index contributed by atoms with van der Waals surface area (Å²) in [5.41, 5.74) is 0.194. The number of carboxylic acids is 2. The summed E-state index contributed by atoms with van der Waals surface area (Å²) in [6.45, 7) is 3.45. The van der Waals surface area contributed by atoms with Crippen molar-refractivity contribution in [1.29, 1.82) is 0 Å². The normalized spacial score (nSPS) is 16.6. The van der Waals surface area contributed by atoms with Crippen molar-refractivity contribution in [3.63, 3.8) is 0 Å². The average molecular weight is 272 g/mol. The van der Waals surface area contributed by atoms with Crippen LogP contribution in [0.1, 0.15) is 39.5 Å². The van der Waals surface area contributed by atoms with Gasteiger partial charge >= 0.3 is 11.9 Å². The molecular weight excluding hydrogens is 254 g/mol. The van der Waals surface area contributed by atoms with E-state index < -0.39 is 11.9 Å². The standard InChI is InChI=1S/C12H18O4.2Na/c1-7(2)9(11(13)14)10(12(15)16)8-5-3-4-6-8;;/h7-8H,3-6H2,1-2H3,(H,13,14)(H,15,16);;/b10-9-;;. The van der Waals surface area contributed by atoms with Crippen LogP contribution >= 0.6 is 0 Å². The third-order valence-electron chi connectivity index (χ3n) is 3.09. The van der Waals surface area contributed by atoms with Crippen LogP contribution in [0.3, 0.4) is 0 Å². The number of hydrogen-bond acceptors (Lipinski definition) is 2. The van der Waals surface area contributed by atoms with Gasteiger partial charge in [-0.1, -0.05) is 26.7 Å². The summed E-state index contributed by atoms with van der Waals surface area (Å²) in [6, 6.07) is 0. The van der Waals surface area contributed by atoms with Gasteiger partial charge in [0.25, 0.3) is 0 Å². The first-order valence-electron chi connectivity index (χ1n) is 5.65. The first-order chi connectivity index (χ1) is 7.45. The minimum atomic E-state index is -1.10. The number of carboxylic acid groups (broad SMARTS) is 2. The van der Waals surface area contributed by atoms with E-state index in [0.717, 1.165) is 25.7 Å². The predicted molar refractivity (Wildman–Crippen MR) is 70.6 cm³/mol. The van der Waals surface area contributed by atoms with E-state index in [1.165, 1.54) is 0 Å². The molecule has 1 aliphatic rings. The number of rotatable bonds is 4. The van der Waals surface area contributed by atoms with E-state index in [0.29, 0.717) is 0 Å². The molecule has 0 unspecified atom stereocenters. The van der Waals surface area contributed by atoms with Gasteiger partial charge in [0.2, 0.25) is 0 Å². The van der Waals surface area contributed by atoms with Gasteiger partial charge < -0.3 is 10.2 Å². The smallest absolute Gasteiger partial charge is 0.332 e. The average Bonchev–Trinajstić information content (AvgIpc) is 2.64. The zero-order valence-electron chi connectivity index (χ0n) is 11.7. The van der Waals surface area contributed by atoms with Crippen molar-refractivity contribution >= 4 is 71.1 Å². The molecule has 0 aliphatic heterocycles. The molecule has 0 heterocycles. The summed E-state index contributed by atoms with van der Waals surface area (Å²) in [6.07, 6.45) is 3.58. The van der Waals surface area contributed by atoms with Crippen molar-refractivity contribution < 1.29 is 19.8 Å². The minimum absolute atomic E-state index is 0. The van der Waals surface area contributed by atoms with Gasteiger partial charge in [0.05, 0.1) is 11.1 Å². The first-order valence-corrected chi connectivity index (χ1v) is 5.65. The molecule has 0 amide bonds. The second-order valence-corrected chi connectivity index (χ2v) is 4.57. The third kappa shape index (κ3) is 5.35. The molecule has 2 radical (unpaired) electrons. The Balaban J connectivity index is 0. The third-order valence-corrected chi connectivity index (χ3v) is 3.09. The molecule has 92 valence electrons. The number of hydrogen-bond donors (Lipinski definition) is 2. The van der Waals surface area contributed by atoms with Crippen LogP contribution < -0.4 is 0 Å². The van der Waals surface area contributed by atoms with Crippen molar-refractivity contribution in [2.45, 2.75) is 39.5 Å². The van der Waals surface area contributed by atoms with Gasteiger partial charge in [-0.2, -0.15) is 0 Å². The molecule has 18 heavy (non-hydrogen) atoms. The fourth-order valence-electron chi connectivity index (χ4n) is 2.40. The summed E-state index contributed by atoms with van der Waals surface area (Å²) in [7, 11) is 0. The summed E-state index contributed by atoms with van der Waals surface area (Å²) in [5.74, 6) is -2.51. The molecule has 1 aliphatic carbocycles. The van der Waals surface area contributed by atoms with Gasteiger partial charge in [0, 0.05) is 59.1 Å². The zero-order valence-corrected chi connectivity index (χ0v) is 15.7. The van der Waals surface area contributed by atoms with E-state index in [1.54, 1.807) is 13.8 Å². The molecule has 1 rings (SSSR count). The van der Waals surface area contributed by atoms with E-state index in [1.807, 2.05) is 0 Å². The molecule has 6 heteroatoms. The van der Waals surface area contributed by atoms with E-state index in [2.05, 4.69) is 0 Å². The molecule has 0 spiro atoms. The molecule has 0 aromatic carbocycles. The SMILES string of the molecule is CC(C)/C(C(=O)O)=C(/C(=O)O)C1CCCC1.[Na].[Na]. The molecule has 4 nitrogen and oxygen atoms in total. The van der Waals surface area contributed by atoms with Crippen LogP contribution in [-0.2, 0) is 9.59 Å². The van der Waals surface area contributed by atoms with Crippen LogP contribution in [0.5, 0.6) is 0 Å². The first kappa shape index (κ1) is 21.0. The van der Waals surface area contributed by atoms with Gasteiger partial charge in [-0.3, -0.25) is 0 Å². The maximum absolute atomic E-state index is 11.2. The fraction of sp³-hybridized carbons (Fsp3) is 0.667.